The average molecular weight is 333 g/mol. The molecule has 0 atom stereocenters. The van der Waals surface area contributed by atoms with Gasteiger partial charge in [-0.1, -0.05) is 0 Å². The summed E-state index contributed by atoms with van der Waals surface area (Å²) in [6.07, 6.45) is 3.62. The Bertz CT molecular complexity index is 407. The largest absolute Gasteiger partial charge is 0.492 e. The maximum Gasteiger partial charge on any atom is 0.241 e. The number of rotatable bonds is 4. The molecule has 0 spiro atoms. The topological polar surface area (TPSA) is 63.2 Å². The van der Waals surface area contributed by atoms with Gasteiger partial charge in [0.25, 0.3) is 0 Å². The molecule has 1 saturated carbocycles. The normalized spacial score (nSPS) is 14.4. The zero-order chi connectivity index (χ0) is 11.5. The fraction of sp³-hybridized carbons (Fsp3) is 0.400. The molecule has 16 heavy (non-hydrogen) atoms. The number of hydrogen-bond acceptors (Lipinski definition) is 4. The number of carbonyl (C=O) groups excluding carboxylic acids is 1. The standard InChI is InChI=1S/C10H12IN3O2/c1-16-8-7(11)4-5-12-9(8)13-14-10(15)6-2-3-6/h4-6H,2-3H2,1H3,(H,12,13)(H,14,15). The lowest BCUT2D eigenvalue weighted by Gasteiger charge is -2.11. The van der Waals surface area contributed by atoms with Gasteiger partial charge in [-0.25, -0.2) is 4.98 Å². The third kappa shape index (κ3) is 2.55. The van der Waals surface area contributed by atoms with Crippen LogP contribution < -0.4 is 15.6 Å². The second-order valence-electron chi connectivity index (χ2n) is 3.56. The van der Waals surface area contributed by atoms with Gasteiger partial charge in [0.15, 0.2) is 11.6 Å². The van der Waals surface area contributed by atoms with Crippen LogP contribution in [0, 0.1) is 9.49 Å². The number of halogens is 1. The SMILES string of the molecule is COc1c(I)ccnc1NNC(=O)C1CC1. The van der Waals surface area contributed by atoms with E-state index in [1.54, 1.807) is 13.3 Å². The van der Waals surface area contributed by atoms with Crippen LogP contribution in [0.25, 0.3) is 0 Å². The summed E-state index contributed by atoms with van der Waals surface area (Å²) in [5, 5.41) is 0. The van der Waals surface area contributed by atoms with E-state index in [9.17, 15) is 4.79 Å². The van der Waals surface area contributed by atoms with E-state index >= 15 is 0 Å². The number of hydrazine groups is 1. The molecule has 1 fully saturated rings. The second-order valence-corrected chi connectivity index (χ2v) is 4.73. The highest BCUT2D eigenvalue weighted by molar-refractivity contribution is 14.1. The van der Waals surface area contributed by atoms with Crippen molar-refractivity contribution < 1.29 is 9.53 Å². The molecule has 0 saturated heterocycles. The molecule has 6 heteroatoms. The van der Waals surface area contributed by atoms with Gasteiger partial charge in [-0.2, -0.15) is 0 Å². The molecule has 1 amide bonds. The van der Waals surface area contributed by atoms with Crippen molar-refractivity contribution >= 4 is 34.3 Å². The number of amides is 1. The monoisotopic (exact) mass is 333 g/mol. The second kappa shape index (κ2) is 4.86. The minimum Gasteiger partial charge on any atom is -0.492 e. The summed E-state index contributed by atoms with van der Waals surface area (Å²) < 4.78 is 6.14. The molecule has 1 aromatic rings. The molecule has 0 unspecified atom stereocenters. The van der Waals surface area contributed by atoms with E-state index < -0.39 is 0 Å². The summed E-state index contributed by atoms with van der Waals surface area (Å²) in [5.74, 6) is 1.35. The average Bonchev–Trinajstić information content (AvgIpc) is 3.09. The number of carbonyl (C=O) groups is 1. The Morgan fingerprint density at radius 3 is 3.00 bits per heavy atom. The van der Waals surface area contributed by atoms with Crippen molar-refractivity contribution in [2.75, 3.05) is 12.5 Å². The molecule has 1 aromatic heterocycles. The van der Waals surface area contributed by atoms with Crippen LogP contribution in [0.2, 0.25) is 0 Å². The minimum absolute atomic E-state index is 0.0164. The fourth-order valence-electron chi connectivity index (χ4n) is 1.28. The van der Waals surface area contributed by atoms with Gasteiger partial charge < -0.3 is 4.74 Å². The van der Waals surface area contributed by atoms with E-state index in [1.807, 2.05) is 6.07 Å². The van der Waals surface area contributed by atoms with Gasteiger partial charge in [0.1, 0.15) is 0 Å². The first-order valence-electron chi connectivity index (χ1n) is 4.96. The molecule has 0 radical (unpaired) electrons. The third-order valence-corrected chi connectivity index (χ3v) is 3.16. The highest BCUT2D eigenvalue weighted by atomic mass is 127. The Hall–Kier alpha value is -1.05. The number of nitrogens with one attached hydrogen (secondary N) is 2. The number of hydrogen-bond donors (Lipinski definition) is 2. The van der Waals surface area contributed by atoms with Crippen LogP contribution in [0.5, 0.6) is 5.75 Å². The summed E-state index contributed by atoms with van der Waals surface area (Å²) in [6.45, 7) is 0. The number of nitrogens with zero attached hydrogens (tertiary/aromatic N) is 1. The Kier molecular flexibility index (Phi) is 3.47. The Morgan fingerprint density at radius 2 is 2.38 bits per heavy atom. The molecule has 0 aliphatic heterocycles. The summed E-state index contributed by atoms with van der Waals surface area (Å²) in [7, 11) is 1.58. The van der Waals surface area contributed by atoms with Crippen molar-refractivity contribution in [1.29, 1.82) is 0 Å². The van der Waals surface area contributed by atoms with Crippen LogP contribution in [0.1, 0.15) is 12.8 Å². The van der Waals surface area contributed by atoms with Crippen molar-refractivity contribution in [3.05, 3.63) is 15.8 Å². The van der Waals surface area contributed by atoms with Crippen LogP contribution >= 0.6 is 22.6 Å². The van der Waals surface area contributed by atoms with Crippen molar-refractivity contribution in [2.45, 2.75) is 12.8 Å². The molecule has 2 N–H and O–H groups in total. The highest BCUT2D eigenvalue weighted by Gasteiger charge is 2.29. The zero-order valence-electron chi connectivity index (χ0n) is 8.79. The van der Waals surface area contributed by atoms with E-state index in [0.717, 1.165) is 16.4 Å². The maximum atomic E-state index is 11.4. The van der Waals surface area contributed by atoms with Gasteiger partial charge >= 0.3 is 0 Å². The van der Waals surface area contributed by atoms with Gasteiger partial charge in [-0.15, -0.1) is 0 Å². The molecule has 2 rings (SSSR count). The molecular weight excluding hydrogens is 321 g/mol. The fourth-order valence-corrected chi connectivity index (χ4v) is 1.91. The zero-order valence-corrected chi connectivity index (χ0v) is 10.9. The van der Waals surface area contributed by atoms with Crippen LogP contribution in [0.15, 0.2) is 12.3 Å². The Labute approximate surface area is 107 Å². The van der Waals surface area contributed by atoms with E-state index in [-0.39, 0.29) is 11.8 Å². The number of anilines is 1. The first kappa shape index (κ1) is 11.4. The Balaban J connectivity index is 2.02. The van der Waals surface area contributed by atoms with Crippen LogP contribution in [0.3, 0.4) is 0 Å². The lowest BCUT2D eigenvalue weighted by atomic mass is 10.4. The molecular formula is C10H12IN3O2. The molecule has 1 aliphatic carbocycles. The van der Waals surface area contributed by atoms with Gasteiger partial charge in [0, 0.05) is 12.1 Å². The smallest absolute Gasteiger partial charge is 0.241 e. The lowest BCUT2D eigenvalue weighted by Crippen LogP contribution is -2.31. The van der Waals surface area contributed by atoms with E-state index in [0.29, 0.717) is 11.6 Å². The van der Waals surface area contributed by atoms with Crippen LogP contribution in [-0.4, -0.2) is 18.0 Å². The predicted octanol–water partition coefficient (Wildman–Crippen LogP) is 1.55. The van der Waals surface area contributed by atoms with E-state index in [2.05, 4.69) is 38.4 Å². The molecule has 5 nitrogen and oxygen atoms in total. The lowest BCUT2D eigenvalue weighted by molar-refractivity contribution is -0.121. The van der Waals surface area contributed by atoms with Gasteiger partial charge in [-0.05, 0) is 41.5 Å². The summed E-state index contributed by atoms with van der Waals surface area (Å²) >= 11 is 2.15. The summed E-state index contributed by atoms with van der Waals surface area (Å²) in [5.41, 5.74) is 5.41. The van der Waals surface area contributed by atoms with Gasteiger partial charge in [0.05, 0.1) is 10.7 Å². The first-order valence-corrected chi connectivity index (χ1v) is 6.04. The maximum absolute atomic E-state index is 11.4. The van der Waals surface area contributed by atoms with E-state index in [4.69, 9.17) is 4.74 Å². The van der Waals surface area contributed by atoms with Crippen molar-refractivity contribution in [3.63, 3.8) is 0 Å². The number of ether oxygens (including phenoxy) is 1. The predicted molar refractivity (Wildman–Crippen MR) is 68.0 cm³/mol. The number of methoxy groups -OCH3 is 1. The summed E-state index contributed by atoms with van der Waals surface area (Å²) in [6, 6.07) is 1.84. The quantitative estimate of drug-likeness (QED) is 0.648. The number of aromatic nitrogens is 1. The third-order valence-electron chi connectivity index (χ3n) is 2.31. The van der Waals surface area contributed by atoms with Gasteiger partial charge in [-0.3, -0.25) is 15.6 Å². The van der Waals surface area contributed by atoms with E-state index in [1.165, 1.54) is 0 Å². The highest BCUT2D eigenvalue weighted by Crippen LogP contribution is 2.29. The van der Waals surface area contributed by atoms with Crippen molar-refractivity contribution in [1.82, 2.24) is 10.4 Å². The van der Waals surface area contributed by atoms with Crippen molar-refractivity contribution in [2.24, 2.45) is 5.92 Å². The molecule has 1 heterocycles. The number of pyridine rings is 1. The molecule has 1 aliphatic rings. The molecule has 86 valence electrons. The minimum atomic E-state index is 0.0164. The Morgan fingerprint density at radius 1 is 1.62 bits per heavy atom. The first-order chi connectivity index (χ1) is 7.72. The van der Waals surface area contributed by atoms with Crippen LogP contribution in [-0.2, 0) is 4.79 Å². The van der Waals surface area contributed by atoms with Crippen molar-refractivity contribution in [3.8, 4) is 5.75 Å². The molecule has 0 aromatic carbocycles. The van der Waals surface area contributed by atoms with Crippen LogP contribution in [0.4, 0.5) is 5.82 Å². The summed E-state index contributed by atoms with van der Waals surface area (Å²) in [4.78, 5) is 15.5. The van der Waals surface area contributed by atoms with Gasteiger partial charge in [0.2, 0.25) is 5.91 Å². The molecule has 0 bridgehead atoms.